The van der Waals surface area contributed by atoms with E-state index in [-0.39, 0.29) is 37.9 Å². The molecule has 0 unspecified atom stereocenters. The minimum absolute atomic E-state index is 0. The van der Waals surface area contributed by atoms with Gasteiger partial charge in [-0.3, -0.25) is 0 Å². The Morgan fingerprint density at radius 1 is 1.12 bits per heavy atom. The Hall–Kier alpha value is 0.400. The maximum atomic E-state index is 11.5. The highest BCUT2D eigenvalue weighted by Gasteiger charge is 2.36. The number of nitrogens with one attached hydrogen (secondary N) is 1. The van der Waals surface area contributed by atoms with Crippen LogP contribution in [0.3, 0.4) is 0 Å². The van der Waals surface area contributed by atoms with E-state index in [1.54, 1.807) is 0 Å². The zero-order chi connectivity index (χ0) is 4.62. The monoisotopic (exact) mass is 165 g/mol. The molecular weight excluding hydrogens is 159 g/mol. The van der Waals surface area contributed by atoms with Gasteiger partial charge in [0.15, 0.2) is 0 Å². The van der Waals surface area contributed by atoms with Gasteiger partial charge in [-0.05, 0) is 0 Å². The number of halogens is 4. The van der Waals surface area contributed by atoms with E-state index in [4.69, 9.17) is 0 Å². The lowest BCUT2D eigenvalue weighted by atomic mass is 10.2. The summed E-state index contributed by atoms with van der Waals surface area (Å²) in [7, 11) is 0. The third-order valence-electron chi connectivity index (χ3n) is 0.767. The maximum Gasteiger partial charge on any atom is 0.272 e. The summed E-state index contributed by atoms with van der Waals surface area (Å²) in [6.07, 6.45) is 0. The average Bonchev–Trinajstić information content (AvgIpc) is 1.32. The van der Waals surface area contributed by atoms with Gasteiger partial charge >= 0.3 is 0 Å². The molecule has 5 heteroatoms. The van der Waals surface area contributed by atoms with Crippen LogP contribution in [0.5, 0.6) is 0 Å². The summed E-state index contributed by atoms with van der Waals surface area (Å²) in [5, 5.41) is 2.45. The number of rotatable bonds is 0. The summed E-state index contributed by atoms with van der Waals surface area (Å²) in [5.74, 6) is -2.39. The molecule has 1 saturated heterocycles. The van der Waals surface area contributed by atoms with E-state index in [9.17, 15) is 8.78 Å². The molecule has 52 valence electrons. The molecule has 1 fully saturated rings. The lowest BCUT2D eigenvalue weighted by molar-refractivity contribution is -0.0475. The van der Waals surface area contributed by atoms with Crippen LogP contribution in [0.25, 0.3) is 0 Å². The van der Waals surface area contributed by atoms with Crippen molar-refractivity contribution in [1.29, 1.82) is 0 Å². The molecule has 0 radical (unpaired) electrons. The molecule has 0 aliphatic carbocycles. The second-order valence-corrected chi connectivity index (χ2v) is 1.46. The first-order valence-electron chi connectivity index (χ1n) is 1.79. The highest BCUT2D eigenvalue weighted by molar-refractivity contribution is 5.85. The molecule has 0 saturated carbocycles. The Morgan fingerprint density at radius 3 is 1.38 bits per heavy atom. The second-order valence-electron chi connectivity index (χ2n) is 1.46. The Balaban J connectivity index is 0. The second kappa shape index (κ2) is 3.43. The average molecular weight is 166 g/mol. The fraction of sp³-hybridized carbons (Fsp3) is 1.00. The van der Waals surface area contributed by atoms with E-state index in [0.717, 1.165) is 0 Å². The van der Waals surface area contributed by atoms with E-state index < -0.39 is 5.92 Å². The van der Waals surface area contributed by atoms with Gasteiger partial charge in [0.1, 0.15) is 0 Å². The van der Waals surface area contributed by atoms with Gasteiger partial charge in [0.2, 0.25) is 0 Å². The van der Waals surface area contributed by atoms with E-state index in [0.29, 0.717) is 0 Å². The van der Waals surface area contributed by atoms with Crippen molar-refractivity contribution in [1.82, 2.24) is 5.32 Å². The number of hydrogen-bond donors (Lipinski definition) is 1. The van der Waals surface area contributed by atoms with Crippen molar-refractivity contribution < 1.29 is 8.78 Å². The van der Waals surface area contributed by atoms with Crippen molar-refractivity contribution >= 4 is 24.8 Å². The summed E-state index contributed by atoms with van der Waals surface area (Å²) < 4.78 is 23.0. The predicted molar refractivity (Wildman–Crippen MR) is 32.3 cm³/mol. The van der Waals surface area contributed by atoms with E-state index in [2.05, 4.69) is 5.32 Å². The van der Waals surface area contributed by atoms with Gasteiger partial charge in [0.05, 0.1) is 13.1 Å². The summed E-state index contributed by atoms with van der Waals surface area (Å²) >= 11 is 0. The van der Waals surface area contributed by atoms with Crippen molar-refractivity contribution in [2.24, 2.45) is 0 Å². The lowest BCUT2D eigenvalue weighted by Crippen LogP contribution is -2.52. The van der Waals surface area contributed by atoms with Gasteiger partial charge in [-0.1, -0.05) is 0 Å². The molecule has 1 heterocycles. The van der Waals surface area contributed by atoms with Gasteiger partial charge in [-0.25, -0.2) is 8.78 Å². The first-order chi connectivity index (χ1) is 2.71. The highest BCUT2D eigenvalue weighted by atomic mass is 35.5. The van der Waals surface area contributed by atoms with Gasteiger partial charge in [0.25, 0.3) is 5.92 Å². The van der Waals surface area contributed by atoms with Crippen LogP contribution < -0.4 is 5.32 Å². The lowest BCUT2D eigenvalue weighted by Gasteiger charge is -2.25. The van der Waals surface area contributed by atoms with Crippen LogP contribution in [-0.4, -0.2) is 19.0 Å². The molecule has 0 aromatic heterocycles. The number of alkyl halides is 2. The Labute approximate surface area is 58.7 Å². The summed E-state index contributed by atoms with van der Waals surface area (Å²) in [4.78, 5) is 0. The smallest absolute Gasteiger partial charge is 0.272 e. The van der Waals surface area contributed by atoms with E-state index >= 15 is 0 Å². The van der Waals surface area contributed by atoms with Crippen molar-refractivity contribution in [2.45, 2.75) is 5.92 Å². The Kier molecular flexibility index (Phi) is 4.82. The van der Waals surface area contributed by atoms with Gasteiger partial charge in [-0.2, -0.15) is 0 Å². The van der Waals surface area contributed by atoms with Gasteiger partial charge in [0, 0.05) is 0 Å². The summed E-state index contributed by atoms with van der Waals surface area (Å²) in [6.45, 7) is -0.264. The third kappa shape index (κ3) is 2.64. The molecule has 0 amide bonds. The summed E-state index contributed by atoms with van der Waals surface area (Å²) in [6, 6.07) is 0. The van der Waals surface area contributed by atoms with Crippen molar-refractivity contribution in [3.8, 4) is 0 Å². The minimum atomic E-state index is -2.39. The molecule has 0 bridgehead atoms. The molecule has 1 rings (SSSR count). The minimum Gasteiger partial charge on any atom is -0.305 e. The first kappa shape index (κ1) is 11.2. The normalized spacial score (nSPS) is 21.8. The Morgan fingerprint density at radius 2 is 1.38 bits per heavy atom. The van der Waals surface area contributed by atoms with Crippen molar-refractivity contribution in [2.75, 3.05) is 13.1 Å². The fourth-order valence-corrected chi connectivity index (χ4v) is 0.314. The predicted octanol–water partition coefficient (Wildman–Crippen LogP) is 1.07. The first-order valence-corrected chi connectivity index (χ1v) is 1.79. The van der Waals surface area contributed by atoms with Crippen LogP contribution >= 0.6 is 24.8 Å². The molecule has 0 atom stereocenters. The highest BCUT2D eigenvalue weighted by Crippen LogP contribution is 2.16. The number of hydrogen-bond acceptors (Lipinski definition) is 1. The molecule has 1 N–H and O–H groups in total. The van der Waals surface area contributed by atoms with E-state index in [1.807, 2.05) is 0 Å². The third-order valence-corrected chi connectivity index (χ3v) is 0.767. The molecular formula is C3H7Cl2F2N. The van der Waals surface area contributed by atoms with Crippen LogP contribution in [0.15, 0.2) is 0 Å². The van der Waals surface area contributed by atoms with Crippen LogP contribution in [-0.2, 0) is 0 Å². The van der Waals surface area contributed by atoms with Crippen LogP contribution in [0.1, 0.15) is 0 Å². The van der Waals surface area contributed by atoms with Crippen LogP contribution in [0.4, 0.5) is 8.78 Å². The zero-order valence-electron chi connectivity index (χ0n) is 3.99. The van der Waals surface area contributed by atoms with Crippen molar-refractivity contribution in [3.05, 3.63) is 0 Å². The van der Waals surface area contributed by atoms with Crippen molar-refractivity contribution in [3.63, 3.8) is 0 Å². The standard InChI is InChI=1S/C3H5F2N.2ClH/c4-3(5)1-6-2-3;;/h6H,1-2H2;2*1H. The summed E-state index contributed by atoms with van der Waals surface area (Å²) in [5.41, 5.74) is 0. The quantitative estimate of drug-likeness (QED) is 0.567. The SMILES string of the molecule is Cl.Cl.FC1(F)CNC1. The van der Waals surface area contributed by atoms with E-state index in [1.165, 1.54) is 0 Å². The maximum absolute atomic E-state index is 11.5. The topological polar surface area (TPSA) is 12.0 Å². The van der Waals surface area contributed by atoms with Crippen LogP contribution in [0.2, 0.25) is 0 Å². The fourth-order valence-electron chi connectivity index (χ4n) is 0.314. The molecule has 1 aliphatic rings. The Bertz CT molecular complexity index is 62.3. The molecule has 0 aromatic rings. The molecule has 1 aliphatic heterocycles. The van der Waals surface area contributed by atoms with Gasteiger partial charge < -0.3 is 5.32 Å². The molecule has 1 nitrogen and oxygen atoms in total. The largest absolute Gasteiger partial charge is 0.305 e. The molecule has 0 aromatic carbocycles. The molecule has 8 heavy (non-hydrogen) atoms. The van der Waals surface area contributed by atoms with Gasteiger partial charge in [-0.15, -0.1) is 24.8 Å². The zero-order valence-corrected chi connectivity index (χ0v) is 5.62. The van der Waals surface area contributed by atoms with Crippen LogP contribution in [0, 0.1) is 0 Å². The molecule has 0 spiro atoms.